The maximum absolute atomic E-state index is 12.1. The largest absolute Gasteiger partial charge is 0.466 e. The van der Waals surface area contributed by atoms with Gasteiger partial charge in [-0.1, -0.05) is 54.6 Å². The minimum absolute atomic E-state index is 0.224. The van der Waals surface area contributed by atoms with Crippen LogP contribution < -0.4 is 0 Å². The van der Waals surface area contributed by atoms with Crippen molar-refractivity contribution in [3.8, 4) is 0 Å². The van der Waals surface area contributed by atoms with Gasteiger partial charge in [-0.25, -0.2) is 4.79 Å². The molecular formula is C18H16O2. The molecule has 0 amide bonds. The van der Waals surface area contributed by atoms with Crippen LogP contribution >= 0.6 is 0 Å². The van der Waals surface area contributed by atoms with Crippen molar-refractivity contribution in [2.75, 3.05) is 7.11 Å². The third kappa shape index (κ3) is 2.14. The van der Waals surface area contributed by atoms with Gasteiger partial charge < -0.3 is 4.74 Å². The fourth-order valence-electron chi connectivity index (χ4n) is 2.79. The summed E-state index contributed by atoms with van der Waals surface area (Å²) in [6.45, 7) is 0. The van der Waals surface area contributed by atoms with Gasteiger partial charge >= 0.3 is 5.97 Å². The van der Waals surface area contributed by atoms with Crippen LogP contribution in [-0.2, 0) is 16.0 Å². The predicted molar refractivity (Wildman–Crippen MR) is 79.2 cm³/mol. The highest BCUT2D eigenvalue weighted by molar-refractivity contribution is 6.03. The van der Waals surface area contributed by atoms with Crippen LogP contribution in [0.5, 0.6) is 0 Å². The molecule has 0 atom stereocenters. The van der Waals surface area contributed by atoms with E-state index in [0.29, 0.717) is 0 Å². The summed E-state index contributed by atoms with van der Waals surface area (Å²) < 4.78 is 4.96. The van der Waals surface area contributed by atoms with E-state index in [9.17, 15) is 4.79 Å². The zero-order valence-electron chi connectivity index (χ0n) is 11.4. The molecular weight excluding hydrogens is 248 g/mol. The van der Waals surface area contributed by atoms with Crippen molar-refractivity contribution in [1.29, 1.82) is 0 Å². The molecule has 0 heterocycles. The summed E-state index contributed by atoms with van der Waals surface area (Å²) in [6.07, 6.45) is 1.62. The molecule has 0 unspecified atom stereocenters. The molecule has 0 spiro atoms. The topological polar surface area (TPSA) is 26.3 Å². The van der Waals surface area contributed by atoms with Crippen LogP contribution in [0, 0.1) is 0 Å². The minimum Gasteiger partial charge on any atom is -0.466 e. The molecule has 2 heteroatoms. The molecule has 0 fully saturated rings. The van der Waals surface area contributed by atoms with E-state index >= 15 is 0 Å². The summed E-state index contributed by atoms with van der Waals surface area (Å²) in [5, 5.41) is 0. The fourth-order valence-corrected chi connectivity index (χ4v) is 2.79. The van der Waals surface area contributed by atoms with Crippen molar-refractivity contribution in [3.63, 3.8) is 0 Å². The Balaban J connectivity index is 2.25. The molecule has 2 aromatic rings. The molecule has 0 saturated heterocycles. The van der Waals surface area contributed by atoms with E-state index in [-0.39, 0.29) is 5.97 Å². The van der Waals surface area contributed by atoms with Gasteiger partial charge in [0.15, 0.2) is 0 Å². The summed E-state index contributed by atoms with van der Waals surface area (Å²) in [5.74, 6) is -0.224. The number of fused-ring (bicyclic) bond motifs is 1. The van der Waals surface area contributed by atoms with Gasteiger partial charge in [-0.15, -0.1) is 0 Å². The first-order chi connectivity index (χ1) is 9.81. The van der Waals surface area contributed by atoms with E-state index in [2.05, 4.69) is 12.1 Å². The lowest BCUT2D eigenvalue weighted by atomic mass is 9.82. The number of ether oxygens (including phenoxy) is 1. The molecule has 1 aliphatic rings. The maximum Gasteiger partial charge on any atom is 0.334 e. The summed E-state index contributed by atoms with van der Waals surface area (Å²) in [5.41, 5.74) is 5.29. The quantitative estimate of drug-likeness (QED) is 0.775. The number of aryl methyl sites for hydroxylation is 1. The number of carbonyl (C=O) groups is 1. The van der Waals surface area contributed by atoms with Gasteiger partial charge in [0.05, 0.1) is 7.11 Å². The van der Waals surface area contributed by atoms with Gasteiger partial charge in [-0.2, -0.15) is 0 Å². The molecule has 1 aliphatic carbocycles. The highest BCUT2D eigenvalue weighted by Gasteiger charge is 2.24. The summed E-state index contributed by atoms with van der Waals surface area (Å²) in [6, 6.07) is 18.3. The minimum atomic E-state index is -0.224. The Morgan fingerprint density at radius 1 is 0.950 bits per heavy atom. The molecule has 100 valence electrons. The van der Waals surface area contributed by atoms with Gasteiger partial charge in [0, 0.05) is 5.57 Å². The van der Waals surface area contributed by atoms with Gasteiger partial charge in [-0.3, -0.25) is 0 Å². The van der Waals surface area contributed by atoms with Crippen LogP contribution in [0.4, 0.5) is 0 Å². The lowest BCUT2D eigenvalue weighted by molar-refractivity contribution is -0.136. The highest BCUT2D eigenvalue weighted by Crippen LogP contribution is 2.36. The van der Waals surface area contributed by atoms with Gasteiger partial charge in [0.25, 0.3) is 0 Å². The number of hydrogen-bond acceptors (Lipinski definition) is 2. The lowest BCUT2D eigenvalue weighted by Crippen LogP contribution is -2.14. The molecule has 0 N–H and O–H groups in total. The number of carbonyl (C=O) groups excluding carboxylic acids is 1. The van der Waals surface area contributed by atoms with Crippen LogP contribution in [0.2, 0.25) is 0 Å². The smallest absolute Gasteiger partial charge is 0.334 e. The second-order valence-corrected chi connectivity index (χ2v) is 4.87. The van der Waals surface area contributed by atoms with E-state index in [4.69, 9.17) is 4.74 Å². The fraction of sp³-hybridized carbons (Fsp3) is 0.167. The lowest BCUT2D eigenvalue weighted by Gasteiger charge is -2.22. The van der Waals surface area contributed by atoms with Crippen molar-refractivity contribution in [2.24, 2.45) is 0 Å². The van der Waals surface area contributed by atoms with E-state index in [1.54, 1.807) is 0 Å². The zero-order chi connectivity index (χ0) is 13.9. The molecule has 2 aromatic carbocycles. The summed E-state index contributed by atoms with van der Waals surface area (Å²) in [7, 11) is 1.44. The van der Waals surface area contributed by atoms with Gasteiger partial charge in [0.1, 0.15) is 0 Å². The molecule has 0 aliphatic heterocycles. The maximum atomic E-state index is 12.1. The van der Waals surface area contributed by atoms with Crippen molar-refractivity contribution in [3.05, 3.63) is 76.9 Å². The Morgan fingerprint density at radius 2 is 1.65 bits per heavy atom. The molecule has 0 saturated carbocycles. The Kier molecular flexibility index (Phi) is 3.38. The number of esters is 1. The standard InChI is InChI=1S/C18H16O2/c1-20-18(19)16-12-11-13-7-5-6-10-15(13)17(16)14-8-3-2-4-9-14/h2-10H,11-12H2,1H3. The summed E-state index contributed by atoms with van der Waals surface area (Å²) >= 11 is 0. The molecule has 3 rings (SSSR count). The second kappa shape index (κ2) is 5.33. The van der Waals surface area contributed by atoms with Crippen molar-refractivity contribution in [1.82, 2.24) is 0 Å². The molecule has 0 radical (unpaired) electrons. The first kappa shape index (κ1) is 12.7. The normalized spacial score (nSPS) is 13.8. The molecule has 2 nitrogen and oxygen atoms in total. The van der Waals surface area contributed by atoms with Crippen LogP contribution in [0.25, 0.3) is 5.57 Å². The highest BCUT2D eigenvalue weighted by atomic mass is 16.5. The van der Waals surface area contributed by atoms with E-state index in [1.807, 2.05) is 42.5 Å². The molecule has 20 heavy (non-hydrogen) atoms. The van der Waals surface area contributed by atoms with Gasteiger partial charge in [-0.05, 0) is 35.1 Å². The first-order valence-electron chi connectivity index (χ1n) is 6.76. The SMILES string of the molecule is COC(=O)C1=C(c2ccccc2)c2ccccc2CC1. The van der Waals surface area contributed by atoms with E-state index in [0.717, 1.165) is 35.1 Å². The van der Waals surface area contributed by atoms with Crippen LogP contribution in [0.15, 0.2) is 60.2 Å². The molecule has 0 bridgehead atoms. The number of hydrogen-bond donors (Lipinski definition) is 0. The summed E-state index contributed by atoms with van der Waals surface area (Å²) in [4.78, 5) is 12.1. The third-order valence-electron chi connectivity index (χ3n) is 3.73. The van der Waals surface area contributed by atoms with Crippen LogP contribution in [-0.4, -0.2) is 13.1 Å². The number of methoxy groups -OCH3 is 1. The Labute approximate surface area is 118 Å². The van der Waals surface area contributed by atoms with Crippen LogP contribution in [0.3, 0.4) is 0 Å². The first-order valence-corrected chi connectivity index (χ1v) is 6.76. The Hall–Kier alpha value is -2.35. The van der Waals surface area contributed by atoms with Gasteiger partial charge in [0.2, 0.25) is 0 Å². The van der Waals surface area contributed by atoms with Crippen molar-refractivity contribution in [2.45, 2.75) is 12.8 Å². The average molecular weight is 264 g/mol. The molecule has 0 aromatic heterocycles. The second-order valence-electron chi connectivity index (χ2n) is 4.87. The zero-order valence-corrected chi connectivity index (χ0v) is 11.4. The van der Waals surface area contributed by atoms with Crippen molar-refractivity contribution >= 4 is 11.5 Å². The monoisotopic (exact) mass is 264 g/mol. The van der Waals surface area contributed by atoms with E-state index < -0.39 is 0 Å². The average Bonchev–Trinajstić information content (AvgIpc) is 2.53. The third-order valence-corrected chi connectivity index (χ3v) is 3.73. The Morgan fingerprint density at radius 3 is 2.40 bits per heavy atom. The Bertz CT molecular complexity index is 669. The van der Waals surface area contributed by atoms with E-state index in [1.165, 1.54) is 12.7 Å². The van der Waals surface area contributed by atoms with Crippen LogP contribution in [0.1, 0.15) is 23.1 Å². The predicted octanol–water partition coefficient (Wildman–Crippen LogP) is 3.61. The van der Waals surface area contributed by atoms with Crippen molar-refractivity contribution < 1.29 is 9.53 Å². The number of benzene rings is 2. The number of rotatable bonds is 2.